The van der Waals surface area contributed by atoms with Gasteiger partial charge in [0.25, 0.3) is 0 Å². The zero-order valence-electron chi connectivity index (χ0n) is 20.3. The molecule has 0 aliphatic heterocycles. The number of hydrogen-bond acceptors (Lipinski definition) is 5. The van der Waals surface area contributed by atoms with E-state index in [2.05, 4.69) is 31.8 Å². The predicted molar refractivity (Wildman–Crippen MR) is 140 cm³/mol. The van der Waals surface area contributed by atoms with E-state index in [0.717, 1.165) is 35.4 Å². The Balaban J connectivity index is 1.57. The Morgan fingerprint density at radius 1 is 1.26 bits per heavy atom. The first kappa shape index (κ1) is 25.2. The summed E-state index contributed by atoms with van der Waals surface area (Å²) in [5, 5.41) is 10.9. The number of hydrogen-bond donors (Lipinski definition) is 0. The molecule has 0 radical (unpaired) electrons. The van der Waals surface area contributed by atoms with Crippen molar-refractivity contribution in [3.05, 3.63) is 74.4 Å². The van der Waals surface area contributed by atoms with Gasteiger partial charge in [0.1, 0.15) is 23.5 Å². The summed E-state index contributed by atoms with van der Waals surface area (Å²) in [5.41, 5.74) is 3.15. The van der Waals surface area contributed by atoms with Crippen LogP contribution in [-0.4, -0.2) is 13.3 Å². The predicted octanol–water partition coefficient (Wildman–Crippen LogP) is 7.90. The van der Waals surface area contributed by atoms with Crippen LogP contribution < -0.4 is 9.47 Å². The number of nitrogens with zero attached hydrogens (tertiary/aromatic N) is 2. The molecule has 1 heterocycles. The van der Waals surface area contributed by atoms with Gasteiger partial charge in [-0.15, -0.1) is 11.3 Å². The summed E-state index contributed by atoms with van der Waals surface area (Å²) >= 11 is 7.74. The van der Waals surface area contributed by atoms with Gasteiger partial charge in [0.15, 0.2) is 11.5 Å². The topological polar surface area (TPSA) is 54.6 Å². The van der Waals surface area contributed by atoms with E-state index in [9.17, 15) is 9.65 Å². The first-order valence-corrected chi connectivity index (χ1v) is 12.7. The highest BCUT2D eigenvalue weighted by atomic mass is 35.5. The molecular weight excluding hydrogens is 483 g/mol. The van der Waals surface area contributed by atoms with Crippen molar-refractivity contribution in [1.82, 2.24) is 0 Å². The van der Waals surface area contributed by atoms with Crippen molar-refractivity contribution >= 4 is 34.2 Å². The first-order chi connectivity index (χ1) is 16.7. The Morgan fingerprint density at radius 3 is 2.74 bits per heavy atom. The standard InChI is InChI=1S/C28H28ClFN2O2S/c1-28(2,3)18-9-10-19-20(14-31)27(35-26(19)13-18)32-15-17-8-11-24(33-4)25(12-17)34-16-21-22(29)6-5-7-23(21)30/h5-8,11-12,15,18H,9-10,13,16H2,1-4H3/t18-/m1/s1. The smallest absolute Gasteiger partial charge is 0.162 e. The summed E-state index contributed by atoms with van der Waals surface area (Å²) in [5.74, 6) is 1.15. The lowest BCUT2D eigenvalue weighted by atomic mass is 9.72. The van der Waals surface area contributed by atoms with Crippen LogP contribution in [0.5, 0.6) is 11.5 Å². The molecule has 0 saturated heterocycles. The molecule has 3 aromatic rings. The van der Waals surface area contributed by atoms with Crippen molar-refractivity contribution in [3.63, 3.8) is 0 Å². The largest absolute Gasteiger partial charge is 0.493 e. The van der Waals surface area contributed by atoms with Crippen LogP contribution in [-0.2, 0) is 19.4 Å². The molecule has 0 fully saturated rings. The van der Waals surface area contributed by atoms with Crippen LogP contribution in [0.15, 0.2) is 41.4 Å². The van der Waals surface area contributed by atoms with E-state index < -0.39 is 5.82 Å². The average Bonchev–Trinajstić information content (AvgIpc) is 3.18. The summed E-state index contributed by atoms with van der Waals surface area (Å²) in [6.07, 6.45) is 4.73. The molecule has 0 spiro atoms. The minimum atomic E-state index is -0.423. The summed E-state index contributed by atoms with van der Waals surface area (Å²) in [7, 11) is 1.55. The number of rotatable bonds is 6. The number of aliphatic imine (C=N–C) groups is 1. The lowest BCUT2D eigenvalue weighted by molar-refractivity contribution is 0.218. The Morgan fingerprint density at radius 2 is 2.06 bits per heavy atom. The number of halogens is 2. The van der Waals surface area contributed by atoms with Crippen LogP contribution in [0.2, 0.25) is 5.02 Å². The molecule has 4 rings (SSSR count). The van der Waals surface area contributed by atoms with Gasteiger partial charge in [-0.05, 0) is 72.1 Å². The fraction of sp³-hybridized carbons (Fsp3) is 0.357. The molecule has 2 aromatic carbocycles. The quantitative estimate of drug-likeness (QED) is 0.317. The van der Waals surface area contributed by atoms with Crippen molar-refractivity contribution in [1.29, 1.82) is 5.26 Å². The van der Waals surface area contributed by atoms with E-state index >= 15 is 0 Å². The van der Waals surface area contributed by atoms with Gasteiger partial charge in [0.05, 0.1) is 17.7 Å². The molecule has 0 bridgehead atoms. The monoisotopic (exact) mass is 510 g/mol. The molecule has 4 nitrogen and oxygen atoms in total. The minimum absolute atomic E-state index is 0.0341. The molecule has 1 aromatic heterocycles. The molecule has 0 amide bonds. The number of ether oxygens (including phenoxy) is 2. The maximum atomic E-state index is 14.1. The molecule has 182 valence electrons. The van der Waals surface area contributed by atoms with E-state index in [4.69, 9.17) is 21.1 Å². The summed E-state index contributed by atoms with van der Waals surface area (Å²) in [4.78, 5) is 5.95. The van der Waals surface area contributed by atoms with Crippen molar-refractivity contribution in [3.8, 4) is 17.6 Å². The number of benzene rings is 2. The minimum Gasteiger partial charge on any atom is -0.493 e. The molecular formula is C28H28ClFN2O2S. The van der Waals surface area contributed by atoms with Gasteiger partial charge >= 0.3 is 0 Å². The highest BCUT2D eigenvalue weighted by Crippen LogP contribution is 2.45. The second kappa shape index (κ2) is 10.4. The molecule has 7 heteroatoms. The molecule has 0 unspecified atom stereocenters. The lowest BCUT2D eigenvalue weighted by Crippen LogP contribution is -2.26. The van der Waals surface area contributed by atoms with Gasteiger partial charge in [-0.25, -0.2) is 9.38 Å². The fourth-order valence-electron chi connectivity index (χ4n) is 4.36. The molecule has 0 N–H and O–H groups in total. The Bertz CT molecular complexity index is 1280. The fourth-order valence-corrected chi connectivity index (χ4v) is 5.80. The Labute approximate surface area is 215 Å². The van der Waals surface area contributed by atoms with Gasteiger partial charge in [-0.3, -0.25) is 0 Å². The van der Waals surface area contributed by atoms with Crippen molar-refractivity contribution in [2.24, 2.45) is 16.3 Å². The van der Waals surface area contributed by atoms with Crippen molar-refractivity contribution in [2.45, 2.75) is 46.6 Å². The van der Waals surface area contributed by atoms with Gasteiger partial charge in [-0.2, -0.15) is 5.26 Å². The van der Waals surface area contributed by atoms with Crippen LogP contribution in [0.1, 0.15) is 54.3 Å². The van der Waals surface area contributed by atoms with E-state index in [1.54, 1.807) is 48.9 Å². The molecule has 1 aliphatic rings. The van der Waals surface area contributed by atoms with Crippen LogP contribution >= 0.6 is 22.9 Å². The SMILES string of the molecule is COc1ccc(C=Nc2sc3c(c2C#N)CC[C@@H](C(C)(C)C)C3)cc1OCc1c(F)cccc1Cl. The number of thiophene rings is 1. The average molecular weight is 511 g/mol. The molecule has 0 saturated carbocycles. The summed E-state index contributed by atoms with van der Waals surface area (Å²) < 4.78 is 25.4. The Hall–Kier alpha value is -2.88. The van der Waals surface area contributed by atoms with Crippen LogP contribution in [0.25, 0.3) is 0 Å². The van der Waals surface area contributed by atoms with E-state index in [1.165, 1.54) is 10.9 Å². The van der Waals surface area contributed by atoms with E-state index in [1.807, 2.05) is 6.07 Å². The third-order valence-electron chi connectivity index (χ3n) is 6.54. The summed E-state index contributed by atoms with van der Waals surface area (Å²) in [6, 6.07) is 12.3. The van der Waals surface area contributed by atoms with Crippen LogP contribution in [0.4, 0.5) is 9.39 Å². The van der Waals surface area contributed by atoms with Gasteiger partial charge < -0.3 is 9.47 Å². The second-order valence-corrected chi connectivity index (χ2v) is 11.2. The van der Waals surface area contributed by atoms with Crippen molar-refractivity contribution < 1.29 is 13.9 Å². The lowest BCUT2D eigenvalue weighted by Gasteiger charge is -2.33. The van der Waals surface area contributed by atoms with E-state index in [0.29, 0.717) is 28.0 Å². The van der Waals surface area contributed by atoms with Crippen LogP contribution in [0, 0.1) is 28.5 Å². The van der Waals surface area contributed by atoms with Gasteiger partial charge in [0, 0.05) is 16.7 Å². The maximum absolute atomic E-state index is 14.1. The van der Waals surface area contributed by atoms with E-state index in [-0.39, 0.29) is 17.6 Å². The maximum Gasteiger partial charge on any atom is 0.162 e. The summed E-state index contributed by atoms with van der Waals surface area (Å²) in [6.45, 7) is 6.81. The molecule has 35 heavy (non-hydrogen) atoms. The van der Waals surface area contributed by atoms with Gasteiger partial charge in [-0.1, -0.05) is 38.4 Å². The zero-order chi connectivity index (χ0) is 25.2. The third kappa shape index (κ3) is 5.52. The number of nitriles is 1. The highest BCUT2D eigenvalue weighted by molar-refractivity contribution is 7.16. The highest BCUT2D eigenvalue weighted by Gasteiger charge is 2.32. The van der Waals surface area contributed by atoms with Crippen LogP contribution in [0.3, 0.4) is 0 Å². The third-order valence-corrected chi connectivity index (χ3v) is 8.05. The first-order valence-electron chi connectivity index (χ1n) is 11.5. The van der Waals surface area contributed by atoms with Crippen molar-refractivity contribution in [2.75, 3.05) is 7.11 Å². The normalized spacial score (nSPS) is 15.6. The second-order valence-electron chi connectivity index (χ2n) is 9.76. The van der Waals surface area contributed by atoms with Gasteiger partial charge in [0.2, 0.25) is 0 Å². The number of methoxy groups -OCH3 is 1. The zero-order valence-corrected chi connectivity index (χ0v) is 21.9. The molecule has 1 aliphatic carbocycles. The molecule has 1 atom stereocenters. The number of fused-ring (bicyclic) bond motifs is 1. The Kier molecular flexibility index (Phi) is 7.49.